The summed E-state index contributed by atoms with van der Waals surface area (Å²) in [6, 6.07) is 0. The second kappa shape index (κ2) is 14.1. The molecule has 0 saturated carbocycles. The maximum absolute atomic E-state index is 10.1. The Kier molecular flexibility index (Phi) is 16.4. The first-order chi connectivity index (χ1) is 6.77. The number of aliphatic carboxylic acids is 1. The van der Waals surface area contributed by atoms with Crippen LogP contribution in [0, 0.1) is 0 Å². The van der Waals surface area contributed by atoms with Gasteiger partial charge in [-0.3, -0.25) is 0 Å². The predicted octanol–water partition coefficient (Wildman–Crippen LogP) is 2.65. The van der Waals surface area contributed by atoms with Gasteiger partial charge < -0.3 is 9.90 Å². The molecule has 0 aliphatic carbocycles. The fraction of sp³-hybridized carbons (Fsp3) is 0.917. The first kappa shape index (κ1) is 17.5. The van der Waals surface area contributed by atoms with E-state index >= 15 is 0 Å². The van der Waals surface area contributed by atoms with Gasteiger partial charge in [-0.2, -0.15) is 0 Å². The number of hydrogen-bond acceptors (Lipinski definition) is 2. The Morgan fingerprint density at radius 3 is 1.67 bits per heavy atom. The standard InChI is InChI=1S/C12H24O2.Zn/c1-2-3-4-5-6-7-8-9-10-11-12(13)14;/h2-11H2,1H3,(H,13,14);/p-1. The van der Waals surface area contributed by atoms with Gasteiger partial charge in [0, 0.05) is 25.4 Å². The molecule has 0 fully saturated rings. The van der Waals surface area contributed by atoms with Crippen LogP contribution in [0.4, 0.5) is 0 Å². The van der Waals surface area contributed by atoms with Gasteiger partial charge in [-0.05, 0) is 12.8 Å². The number of carbonyl (C=O) groups excluding carboxylic acids is 1. The maximum atomic E-state index is 10.1. The normalized spacial score (nSPS) is 9.67. The molecule has 15 heavy (non-hydrogen) atoms. The zero-order valence-corrected chi connectivity index (χ0v) is 13.1. The van der Waals surface area contributed by atoms with Crippen LogP contribution in [0.25, 0.3) is 0 Å². The van der Waals surface area contributed by atoms with Gasteiger partial charge in [0.1, 0.15) is 0 Å². The number of carbonyl (C=O) groups is 1. The Morgan fingerprint density at radius 1 is 0.867 bits per heavy atom. The number of hydrogen-bond donors (Lipinski definition) is 0. The van der Waals surface area contributed by atoms with Crippen molar-refractivity contribution >= 4 is 5.97 Å². The molecule has 0 aromatic heterocycles. The Hall–Kier alpha value is 0.0934. The van der Waals surface area contributed by atoms with Gasteiger partial charge in [-0.1, -0.05) is 58.3 Å². The van der Waals surface area contributed by atoms with Crippen LogP contribution < -0.4 is 5.11 Å². The molecule has 0 heterocycles. The van der Waals surface area contributed by atoms with Crippen LogP contribution in [-0.4, -0.2) is 5.97 Å². The van der Waals surface area contributed by atoms with Crippen LogP contribution in [0.1, 0.15) is 71.1 Å². The van der Waals surface area contributed by atoms with Gasteiger partial charge in [0.05, 0.1) is 0 Å². The minimum atomic E-state index is -0.909. The van der Waals surface area contributed by atoms with Gasteiger partial charge in [0.25, 0.3) is 0 Å². The average molecular weight is 265 g/mol. The van der Waals surface area contributed by atoms with Crippen LogP contribution in [-0.2, 0) is 24.3 Å². The summed E-state index contributed by atoms with van der Waals surface area (Å²) in [6.07, 6.45) is 11.2. The topological polar surface area (TPSA) is 40.1 Å². The molecule has 0 saturated heterocycles. The largest absolute Gasteiger partial charge is 0.550 e. The molecular weight excluding hydrogens is 242 g/mol. The van der Waals surface area contributed by atoms with E-state index in [2.05, 4.69) is 6.92 Å². The van der Waals surface area contributed by atoms with Crippen molar-refractivity contribution in [2.45, 2.75) is 71.1 Å². The van der Waals surface area contributed by atoms with Crippen molar-refractivity contribution < 1.29 is 29.4 Å². The van der Waals surface area contributed by atoms with Crippen LogP contribution in [0.5, 0.6) is 0 Å². The van der Waals surface area contributed by atoms with Gasteiger partial charge >= 0.3 is 0 Å². The summed E-state index contributed by atoms with van der Waals surface area (Å²) in [7, 11) is 0. The first-order valence-corrected chi connectivity index (χ1v) is 5.97. The van der Waals surface area contributed by atoms with E-state index in [1.807, 2.05) is 0 Å². The van der Waals surface area contributed by atoms with Crippen LogP contribution in [0.15, 0.2) is 0 Å². The Labute approximate surface area is 107 Å². The fourth-order valence-corrected chi connectivity index (χ4v) is 1.58. The maximum Gasteiger partial charge on any atom is 0.0414 e. The molecule has 0 amide bonds. The van der Waals surface area contributed by atoms with Crippen molar-refractivity contribution in [3.05, 3.63) is 0 Å². The molecule has 0 unspecified atom stereocenters. The van der Waals surface area contributed by atoms with Gasteiger partial charge in [-0.15, -0.1) is 0 Å². The van der Waals surface area contributed by atoms with Crippen molar-refractivity contribution in [2.24, 2.45) is 0 Å². The summed E-state index contributed by atoms with van der Waals surface area (Å²) < 4.78 is 0. The first-order valence-electron chi connectivity index (χ1n) is 5.97. The molecule has 0 rings (SSSR count). The van der Waals surface area contributed by atoms with E-state index in [0.29, 0.717) is 0 Å². The van der Waals surface area contributed by atoms with E-state index in [0.717, 1.165) is 12.8 Å². The second-order valence-electron chi connectivity index (χ2n) is 3.95. The molecule has 86 valence electrons. The zero-order valence-electron chi connectivity index (χ0n) is 10.1. The smallest absolute Gasteiger partial charge is 0.0414 e. The SMILES string of the molecule is CCCCCCCCCCCC(=O)[O-].[Zn]. The molecule has 0 atom stereocenters. The summed E-state index contributed by atoms with van der Waals surface area (Å²) in [4.78, 5) is 10.1. The molecule has 0 aliphatic rings. The monoisotopic (exact) mass is 263 g/mol. The minimum absolute atomic E-state index is 0. The summed E-state index contributed by atoms with van der Waals surface area (Å²) >= 11 is 0. The van der Waals surface area contributed by atoms with Crippen molar-refractivity contribution in [3.8, 4) is 0 Å². The minimum Gasteiger partial charge on any atom is -0.550 e. The Balaban J connectivity index is 0. The van der Waals surface area contributed by atoms with Crippen molar-refractivity contribution in [2.75, 3.05) is 0 Å². The summed E-state index contributed by atoms with van der Waals surface area (Å²) in [5.41, 5.74) is 0. The average Bonchev–Trinajstić information content (AvgIpc) is 2.15. The van der Waals surface area contributed by atoms with Crippen molar-refractivity contribution in [1.82, 2.24) is 0 Å². The summed E-state index contributed by atoms with van der Waals surface area (Å²) in [5, 5.41) is 10.1. The molecule has 0 aromatic carbocycles. The van der Waals surface area contributed by atoms with Gasteiger partial charge in [0.2, 0.25) is 0 Å². The zero-order chi connectivity index (χ0) is 10.6. The van der Waals surface area contributed by atoms with Crippen LogP contribution >= 0.6 is 0 Å². The molecule has 3 heteroatoms. The third-order valence-corrected chi connectivity index (χ3v) is 2.48. The molecule has 0 aliphatic heterocycles. The number of carboxylic acid groups (broad SMARTS) is 1. The van der Waals surface area contributed by atoms with E-state index in [-0.39, 0.29) is 25.9 Å². The number of unbranched alkanes of at least 4 members (excludes halogenated alkanes) is 8. The van der Waals surface area contributed by atoms with E-state index in [1.165, 1.54) is 44.9 Å². The van der Waals surface area contributed by atoms with Crippen molar-refractivity contribution in [1.29, 1.82) is 0 Å². The summed E-state index contributed by atoms with van der Waals surface area (Å²) in [6.45, 7) is 2.22. The van der Waals surface area contributed by atoms with E-state index in [9.17, 15) is 9.90 Å². The quantitative estimate of drug-likeness (QED) is 0.450. The Morgan fingerprint density at radius 2 is 1.27 bits per heavy atom. The number of carboxylic acids is 1. The van der Waals surface area contributed by atoms with E-state index in [1.54, 1.807) is 0 Å². The second-order valence-corrected chi connectivity index (χ2v) is 3.95. The molecular formula is C12H23O2Zn-. The van der Waals surface area contributed by atoms with E-state index in [4.69, 9.17) is 0 Å². The molecule has 0 bridgehead atoms. The molecule has 0 spiro atoms. The fourth-order valence-electron chi connectivity index (χ4n) is 1.58. The summed E-state index contributed by atoms with van der Waals surface area (Å²) in [5.74, 6) is -0.909. The third-order valence-electron chi connectivity index (χ3n) is 2.48. The number of rotatable bonds is 10. The third kappa shape index (κ3) is 16.7. The Bertz CT molecular complexity index is 138. The van der Waals surface area contributed by atoms with Gasteiger partial charge in [0.15, 0.2) is 0 Å². The molecule has 0 radical (unpaired) electrons. The van der Waals surface area contributed by atoms with Crippen LogP contribution in [0.3, 0.4) is 0 Å². The van der Waals surface area contributed by atoms with Crippen molar-refractivity contribution in [3.63, 3.8) is 0 Å². The molecule has 0 N–H and O–H groups in total. The van der Waals surface area contributed by atoms with Gasteiger partial charge in [-0.25, -0.2) is 0 Å². The van der Waals surface area contributed by atoms with E-state index < -0.39 is 5.97 Å². The molecule has 0 aromatic rings. The predicted molar refractivity (Wildman–Crippen MR) is 56.9 cm³/mol. The molecule has 2 nitrogen and oxygen atoms in total. The van der Waals surface area contributed by atoms with Crippen LogP contribution in [0.2, 0.25) is 0 Å².